The lowest BCUT2D eigenvalue weighted by molar-refractivity contribution is -0.129. The van der Waals surface area contributed by atoms with Gasteiger partial charge in [-0.15, -0.1) is 6.58 Å². The van der Waals surface area contributed by atoms with Gasteiger partial charge in [0.05, 0.1) is 17.8 Å². The minimum absolute atomic E-state index is 0.198. The number of aromatic nitrogens is 2. The van der Waals surface area contributed by atoms with E-state index in [2.05, 4.69) is 50.8 Å². The molecular weight excluding hydrogens is 368 g/mol. The third-order valence-electron chi connectivity index (χ3n) is 5.87. The van der Waals surface area contributed by atoms with Crippen LogP contribution in [0, 0.1) is 0 Å². The SMILES string of the molecule is C=CCN1c2cccnc2-n2cccc2[C@@]12CCN(C(=O)Cc1ccsc1)C2. The Labute approximate surface area is 168 Å². The minimum Gasteiger partial charge on any atom is -0.352 e. The molecule has 3 aromatic rings. The van der Waals surface area contributed by atoms with Crippen molar-refractivity contribution in [3.8, 4) is 5.82 Å². The number of rotatable bonds is 4. The number of carbonyl (C=O) groups is 1. The number of hydrogen-bond acceptors (Lipinski definition) is 4. The Morgan fingerprint density at radius 3 is 3.07 bits per heavy atom. The second-order valence-electron chi connectivity index (χ2n) is 7.41. The highest BCUT2D eigenvalue weighted by atomic mass is 32.1. The van der Waals surface area contributed by atoms with Crippen LogP contribution in [0.25, 0.3) is 5.82 Å². The lowest BCUT2D eigenvalue weighted by atomic mass is 9.89. The summed E-state index contributed by atoms with van der Waals surface area (Å²) in [6.07, 6.45) is 7.21. The maximum absolute atomic E-state index is 13.0. The number of likely N-dealkylation sites (tertiary alicyclic amines) is 1. The van der Waals surface area contributed by atoms with Gasteiger partial charge in [-0.3, -0.25) is 4.79 Å². The molecule has 0 saturated carbocycles. The molecule has 2 aliphatic rings. The molecule has 1 spiro atoms. The van der Waals surface area contributed by atoms with E-state index in [-0.39, 0.29) is 11.4 Å². The largest absolute Gasteiger partial charge is 0.352 e. The fraction of sp³-hybridized carbons (Fsp3) is 0.273. The molecule has 1 atom stereocenters. The van der Waals surface area contributed by atoms with E-state index in [1.807, 2.05) is 34.7 Å². The van der Waals surface area contributed by atoms with Crippen LogP contribution in [0.2, 0.25) is 0 Å². The average molecular weight is 391 g/mol. The summed E-state index contributed by atoms with van der Waals surface area (Å²) in [4.78, 5) is 22.0. The van der Waals surface area contributed by atoms with Crippen LogP contribution in [0.5, 0.6) is 0 Å². The van der Waals surface area contributed by atoms with Crippen molar-refractivity contribution in [3.05, 3.63) is 77.4 Å². The normalized spacial score (nSPS) is 20.3. The van der Waals surface area contributed by atoms with Crippen LogP contribution in [0.15, 0.2) is 66.1 Å². The Bertz CT molecular complexity index is 1020. The van der Waals surface area contributed by atoms with Gasteiger partial charge in [-0.1, -0.05) is 6.08 Å². The molecule has 142 valence electrons. The van der Waals surface area contributed by atoms with Gasteiger partial charge in [0, 0.05) is 32.0 Å². The van der Waals surface area contributed by atoms with E-state index < -0.39 is 0 Å². The zero-order valence-electron chi connectivity index (χ0n) is 15.6. The molecule has 28 heavy (non-hydrogen) atoms. The minimum atomic E-state index is -0.252. The molecule has 1 saturated heterocycles. The van der Waals surface area contributed by atoms with Crippen molar-refractivity contribution in [2.75, 3.05) is 24.5 Å². The van der Waals surface area contributed by atoms with Crippen LogP contribution in [0.4, 0.5) is 5.69 Å². The second kappa shape index (κ2) is 6.63. The van der Waals surface area contributed by atoms with E-state index in [9.17, 15) is 4.79 Å². The summed E-state index contributed by atoms with van der Waals surface area (Å²) < 4.78 is 2.18. The summed E-state index contributed by atoms with van der Waals surface area (Å²) in [7, 11) is 0. The number of amides is 1. The molecular formula is C22H22N4OS. The van der Waals surface area contributed by atoms with Crippen molar-refractivity contribution in [2.24, 2.45) is 0 Å². The highest BCUT2D eigenvalue weighted by molar-refractivity contribution is 7.08. The molecule has 5 rings (SSSR count). The second-order valence-corrected chi connectivity index (χ2v) is 8.19. The summed E-state index contributed by atoms with van der Waals surface area (Å²) in [5.41, 5.74) is 3.14. The third-order valence-corrected chi connectivity index (χ3v) is 6.61. The number of nitrogens with zero attached hydrogens (tertiary/aromatic N) is 4. The predicted octanol–water partition coefficient (Wildman–Crippen LogP) is 3.61. The Kier molecular flexibility index (Phi) is 4.09. The van der Waals surface area contributed by atoms with Crippen molar-refractivity contribution >= 4 is 22.9 Å². The molecule has 0 aromatic carbocycles. The first kappa shape index (κ1) is 17.3. The molecule has 2 aliphatic heterocycles. The van der Waals surface area contributed by atoms with Gasteiger partial charge in [0.1, 0.15) is 5.54 Å². The van der Waals surface area contributed by atoms with Crippen LogP contribution < -0.4 is 4.90 Å². The zero-order chi connectivity index (χ0) is 19.1. The molecule has 0 unspecified atom stereocenters. The topological polar surface area (TPSA) is 41.4 Å². The summed E-state index contributed by atoms with van der Waals surface area (Å²) in [5, 5.41) is 4.08. The van der Waals surface area contributed by atoms with Crippen molar-refractivity contribution in [2.45, 2.75) is 18.4 Å². The maximum atomic E-state index is 13.0. The third kappa shape index (κ3) is 2.52. The molecule has 5 heterocycles. The summed E-state index contributed by atoms with van der Waals surface area (Å²) in [6, 6.07) is 10.4. The number of thiophene rings is 1. The smallest absolute Gasteiger partial charge is 0.227 e. The first-order valence-corrected chi connectivity index (χ1v) is 10.5. The Hall–Kier alpha value is -2.86. The maximum Gasteiger partial charge on any atom is 0.227 e. The Morgan fingerprint density at radius 1 is 1.32 bits per heavy atom. The van der Waals surface area contributed by atoms with Gasteiger partial charge in [0.15, 0.2) is 5.82 Å². The van der Waals surface area contributed by atoms with E-state index in [1.165, 1.54) is 5.69 Å². The van der Waals surface area contributed by atoms with Crippen molar-refractivity contribution < 1.29 is 4.79 Å². The van der Waals surface area contributed by atoms with E-state index in [1.54, 1.807) is 11.3 Å². The number of carbonyl (C=O) groups excluding carboxylic acids is 1. The first-order chi connectivity index (χ1) is 13.7. The molecule has 5 nitrogen and oxygen atoms in total. The van der Waals surface area contributed by atoms with Crippen molar-refractivity contribution in [3.63, 3.8) is 0 Å². The van der Waals surface area contributed by atoms with Gasteiger partial charge in [0.2, 0.25) is 5.91 Å². The van der Waals surface area contributed by atoms with E-state index in [0.29, 0.717) is 13.0 Å². The van der Waals surface area contributed by atoms with Crippen molar-refractivity contribution in [1.29, 1.82) is 0 Å². The van der Waals surface area contributed by atoms with Crippen LogP contribution >= 0.6 is 11.3 Å². The highest BCUT2D eigenvalue weighted by Gasteiger charge is 2.50. The van der Waals surface area contributed by atoms with Crippen LogP contribution in [0.1, 0.15) is 17.7 Å². The summed E-state index contributed by atoms with van der Waals surface area (Å²) in [5.74, 6) is 1.14. The summed E-state index contributed by atoms with van der Waals surface area (Å²) >= 11 is 1.64. The van der Waals surface area contributed by atoms with Crippen LogP contribution in [-0.2, 0) is 16.8 Å². The van der Waals surface area contributed by atoms with Crippen LogP contribution in [0.3, 0.4) is 0 Å². The molecule has 1 fully saturated rings. The molecule has 1 amide bonds. The average Bonchev–Trinajstić information content (AvgIpc) is 3.46. The van der Waals surface area contributed by atoms with Gasteiger partial charge in [-0.05, 0) is 53.1 Å². The molecule has 3 aromatic heterocycles. The lowest BCUT2D eigenvalue weighted by Gasteiger charge is -2.46. The van der Waals surface area contributed by atoms with Crippen molar-refractivity contribution in [1.82, 2.24) is 14.5 Å². The standard InChI is InChI=1S/C22H22N4OS/c1-2-10-26-18-5-3-9-23-21(18)25-11-4-6-19(25)22(26)8-12-24(16-22)20(27)14-17-7-13-28-15-17/h2-7,9,11,13,15H,1,8,10,12,14,16H2/t22-/m0/s1. The monoisotopic (exact) mass is 390 g/mol. The molecule has 0 bridgehead atoms. The first-order valence-electron chi connectivity index (χ1n) is 9.53. The Morgan fingerprint density at radius 2 is 2.25 bits per heavy atom. The van der Waals surface area contributed by atoms with E-state index >= 15 is 0 Å². The lowest BCUT2D eigenvalue weighted by Crippen LogP contribution is -2.52. The number of anilines is 1. The number of fused-ring (bicyclic) bond motifs is 4. The predicted molar refractivity (Wildman–Crippen MR) is 112 cm³/mol. The fourth-order valence-corrected chi connectivity index (χ4v) is 5.28. The van der Waals surface area contributed by atoms with E-state index in [4.69, 9.17) is 0 Å². The van der Waals surface area contributed by atoms with Gasteiger partial charge in [-0.25, -0.2) is 4.98 Å². The quantitative estimate of drug-likeness (QED) is 0.639. The number of hydrogen-bond donors (Lipinski definition) is 0. The Balaban J connectivity index is 1.53. The fourth-order valence-electron chi connectivity index (χ4n) is 4.62. The zero-order valence-corrected chi connectivity index (χ0v) is 16.4. The molecule has 6 heteroatoms. The van der Waals surface area contributed by atoms with Gasteiger partial charge in [0.25, 0.3) is 0 Å². The van der Waals surface area contributed by atoms with Gasteiger partial charge >= 0.3 is 0 Å². The highest BCUT2D eigenvalue weighted by Crippen LogP contribution is 2.46. The molecule has 0 radical (unpaired) electrons. The van der Waals surface area contributed by atoms with E-state index in [0.717, 1.165) is 36.6 Å². The molecule has 0 aliphatic carbocycles. The van der Waals surface area contributed by atoms with Crippen LogP contribution in [-0.4, -0.2) is 40.0 Å². The molecule has 0 N–H and O–H groups in total. The summed E-state index contributed by atoms with van der Waals surface area (Å²) in [6.45, 7) is 6.14. The van der Waals surface area contributed by atoms with Gasteiger partial charge < -0.3 is 14.4 Å². The van der Waals surface area contributed by atoms with Gasteiger partial charge in [-0.2, -0.15) is 11.3 Å². The number of pyridine rings is 1.